The number of rotatable bonds is 10. The van der Waals surface area contributed by atoms with E-state index in [1.54, 1.807) is 19.1 Å². The van der Waals surface area contributed by atoms with Gasteiger partial charge in [0.1, 0.15) is 11.5 Å². The number of aldehydes is 1. The van der Waals surface area contributed by atoms with Crippen LogP contribution in [0.15, 0.2) is 24.0 Å². The van der Waals surface area contributed by atoms with Crippen molar-refractivity contribution in [3.05, 3.63) is 40.7 Å². The molecule has 0 radical (unpaired) electrons. The number of carboxylic acid groups (broad SMARTS) is 1. The van der Waals surface area contributed by atoms with Gasteiger partial charge in [-0.1, -0.05) is 12.1 Å². The summed E-state index contributed by atoms with van der Waals surface area (Å²) in [7, 11) is 1.96. The van der Waals surface area contributed by atoms with Crippen molar-refractivity contribution in [2.75, 3.05) is 20.2 Å². The molecule has 2 bridgehead atoms. The maximum absolute atomic E-state index is 13.3. The van der Waals surface area contributed by atoms with Crippen molar-refractivity contribution in [1.82, 2.24) is 4.90 Å². The van der Waals surface area contributed by atoms with E-state index in [0.29, 0.717) is 30.7 Å². The normalized spacial score (nSPS) is 26.2. The fourth-order valence-electron chi connectivity index (χ4n) is 6.78. The summed E-state index contributed by atoms with van der Waals surface area (Å²) in [4.78, 5) is 59.5. The highest BCUT2D eigenvalue weighted by Gasteiger charge is 2.72. The fourth-order valence-corrected chi connectivity index (χ4v) is 6.78. The molecule has 0 aromatic heterocycles. The number of piperidine rings is 1. The van der Waals surface area contributed by atoms with Crippen LogP contribution < -0.4 is 4.74 Å². The lowest BCUT2D eigenvalue weighted by atomic mass is 9.50. The van der Waals surface area contributed by atoms with E-state index in [1.165, 1.54) is 0 Å². The topological polar surface area (TPSA) is 186 Å². The van der Waals surface area contributed by atoms with Gasteiger partial charge in [0.2, 0.25) is 12.4 Å². The highest BCUT2D eigenvalue weighted by Crippen LogP contribution is 2.64. The smallest absolute Gasteiger partial charge is 0.446 e. The summed E-state index contributed by atoms with van der Waals surface area (Å²) < 4.78 is 53.5. The fraction of sp³-hybridized carbons (Fsp3) is 0.567. The number of hydrogen-bond acceptors (Lipinski definition) is 12. The number of benzene rings is 1. The first-order valence-corrected chi connectivity index (χ1v) is 14.5. The number of hydrogen-bond donors (Lipinski definition) is 3. The Morgan fingerprint density at radius 2 is 1.89 bits per heavy atom. The van der Waals surface area contributed by atoms with Gasteiger partial charge >= 0.3 is 30.1 Å². The number of halogens is 3. The second-order valence-corrected chi connectivity index (χ2v) is 11.4. The molecule has 5 atom stereocenters. The minimum atomic E-state index is -4.64. The minimum Gasteiger partial charge on any atom is -0.481 e. The summed E-state index contributed by atoms with van der Waals surface area (Å²) >= 11 is 0. The molecule has 46 heavy (non-hydrogen) atoms. The van der Waals surface area contributed by atoms with Gasteiger partial charge < -0.3 is 39.2 Å². The largest absolute Gasteiger partial charge is 0.481 e. The van der Waals surface area contributed by atoms with E-state index in [2.05, 4.69) is 4.90 Å². The molecule has 5 rings (SSSR count). The molecule has 2 aliphatic heterocycles. The van der Waals surface area contributed by atoms with E-state index in [-0.39, 0.29) is 31.4 Å². The molecule has 1 fully saturated rings. The van der Waals surface area contributed by atoms with Crippen LogP contribution in [0.4, 0.5) is 13.2 Å². The molecule has 1 aromatic rings. The van der Waals surface area contributed by atoms with Crippen molar-refractivity contribution in [1.29, 1.82) is 0 Å². The summed E-state index contributed by atoms with van der Waals surface area (Å²) in [5, 5.41) is 31.1. The van der Waals surface area contributed by atoms with E-state index in [9.17, 15) is 42.6 Å². The molecule has 2 heterocycles. The van der Waals surface area contributed by atoms with Crippen molar-refractivity contribution >= 4 is 30.2 Å². The Labute approximate surface area is 260 Å². The molecule has 16 heteroatoms. The third-order valence-corrected chi connectivity index (χ3v) is 8.72. The van der Waals surface area contributed by atoms with Gasteiger partial charge in [-0.3, -0.25) is 19.2 Å². The number of likely N-dealkylation sites (N-methyl/N-ethyl adjacent to an activating group) is 1. The molecule has 1 aromatic carbocycles. The quantitative estimate of drug-likeness (QED) is 0.187. The number of aliphatic carboxylic acids is 1. The van der Waals surface area contributed by atoms with Crippen LogP contribution in [0.25, 0.3) is 0 Å². The summed E-state index contributed by atoms with van der Waals surface area (Å²) in [6, 6.07) is 3.52. The number of nitrogens with zero attached hydrogens (tertiary/aromatic N) is 1. The molecule has 2 aliphatic carbocycles. The molecule has 0 saturated carbocycles. The number of ether oxygens (including phenoxy) is 4. The minimum absolute atomic E-state index is 0.0408. The van der Waals surface area contributed by atoms with Crippen LogP contribution >= 0.6 is 0 Å². The molecular weight excluding hydrogens is 623 g/mol. The van der Waals surface area contributed by atoms with E-state index < -0.39 is 78.8 Å². The maximum atomic E-state index is 13.3. The highest BCUT2D eigenvalue weighted by atomic mass is 19.4. The molecule has 0 unspecified atom stereocenters. The number of carbonyl (C=O) groups excluding carboxylic acids is 4. The number of aliphatic hydroxyl groups excluding tert-OH is 1. The van der Waals surface area contributed by atoms with Crippen LogP contribution in [0.5, 0.6) is 5.75 Å². The molecule has 0 amide bonds. The van der Waals surface area contributed by atoms with E-state index in [4.69, 9.17) is 28.8 Å². The van der Waals surface area contributed by atoms with E-state index >= 15 is 0 Å². The standard InChI is InChI=1S/C28H33NO11.C2HF3O/c1-3-37-22(34)13-18(38-21(33)7-6-20(31)32)26(35)39-17-8-9-28(36)19-12-15-4-5-16(14-30)24-23(15)27(28,25(17)40-24)10-11-29(19)2;3-2(4,5)1-6/h4-5,8,18-19,25,30,36H,3,6-7,9-14H2,1-2H3,(H,31,32);1H/t18-,19+,25-,27-,28+;/m0./s1. The second-order valence-electron chi connectivity index (χ2n) is 11.4. The average Bonchev–Trinajstić information content (AvgIpc) is 3.35. The first-order valence-electron chi connectivity index (χ1n) is 14.5. The Balaban J connectivity index is 0.000000731. The molecule has 4 aliphatic rings. The Hall–Kier alpha value is -4.02. The predicted octanol–water partition coefficient (Wildman–Crippen LogP) is 1.48. The monoisotopic (exact) mass is 657 g/mol. The lowest BCUT2D eigenvalue weighted by Gasteiger charge is -2.61. The third-order valence-electron chi connectivity index (χ3n) is 8.72. The van der Waals surface area contributed by atoms with E-state index in [1.807, 2.05) is 13.1 Å². The molecular formula is C30H34F3NO12. The second kappa shape index (κ2) is 13.4. The zero-order valence-corrected chi connectivity index (χ0v) is 25.0. The van der Waals surface area contributed by atoms with E-state index in [0.717, 1.165) is 11.1 Å². The third kappa shape index (κ3) is 6.46. The number of carbonyl (C=O) groups is 5. The van der Waals surface area contributed by atoms with Gasteiger partial charge in [-0.15, -0.1) is 0 Å². The van der Waals surface area contributed by atoms with Crippen LogP contribution in [0.3, 0.4) is 0 Å². The molecule has 1 saturated heterocycles. The number of carboxylic acids is 1. The van der Waals surface area contributed by atoms with Crippen LogP contribution in [0, 0.1) is 0 Å². The van der Waals surface area contributed by atoms with Crippen molar-refractivity contribution in [3.8, 4) is 5.75 Å². The molecule has 13 nitrogen and oxygen atoms in total. The summed E-state index contributed by atoms with van der Waals surface area (Å²) in [6.45, 7) is 2.00. The Kier molecular flexibility index (Phi) is 10.1. The van der Waals surface area contributed by atoms with Gasteiger partial charge in [-0.25, -0.2) is 4.79 Å². The Morgan fingerprint density at radius 3 is 2.50 bits per heavy atom. The van der Waals surface area contributed by atoms with Gasteiger partial charge in [-0.05, 0) is 45.0 Å². The maximum Gasteiger partial charge on any atom is 0.446 e. The number of likely N-dealkylation sites (tertiary alicyclic amines) is 1. The van der Waals surface area contributed by atoms with Gasteiger partial charge in [0.25, 0.3) is 0 Å². The van der Waals surface area contributed by atoms with Crippen LogP contribution in [-0.2, 0) is 56.6 Å². The lowest BCUT2D eigenvalue weighted by molar-refractivity contribution is -0.178. The predicted molar refractivity (Wildman–Crippen MR) is 147 cm³/mol. The van der Waals surface area contributed by atoms with Crippen LogP contribution in [0.1, 0.15) is 55.7 Å². The van der Waals surface area contributed by atoms with Crippen LogP contribution in [0.2, 0.25) is 0 Å². The molecule has 252 valence electrons. The summed E-state index contributed by atoms with van der Waals surface area (Å²) in [5.41, 5.74) is 0.190. The van der Waals surface area contributed by atoms with Gasteiger partial charge in [0.05, 0.1) is 43.5 Å². The summed E-state index contributed by atoms with van der Waals surface area (Å²) in [5.74, 6) is -3.46. The Bertz CT molecular complexity index is 1430. The lowest BCUT2D eigenvalue weighted by Crippen LogP contribution is -2.74. The molecule has 1 spiro atoms. The van der Waals surface area contributed by atoms with Gasteiger partial charge in [-0.2, -0.15) is 13.2 Å². The number of aliphatic hydroxyl groups is 2. The van der Waals surface area contributed by atoms with Crippen molar-refractivity contribution in [2.45, 2.75) is 87.5 Å². The highest BCUT2D eigenvalue weighted by molar-refractivity contribution is 5.86. The first-order chi connectivity index (χ1) is 21.6. The number of alkyl halides is 3. The molecule has 3 N–H and O–H groups in total. The van der Waals surface area contributed by atoms with Crippen LogP contribution in [-0.4, -0.2) is 101 Å². The van der Waals surface area contributed by atoms with Crippen molar-refractivity contribution < 1.29 is 71.4 Å². The zero-order chi connectivity index (χ0) is 34.0. The average molecular weight is 658 g/mol. The number of esters is 3. The van der Waals surface area contributed by atoms with Crippen molar-refractivity contribution in [3.63, 3.8) is 0 Å². The Morgan fingerprint density at radius 1 is 1.20 bits per heavy atom. The SMILES string of the molecule is CCOC(=O)C[C@H](OC(=O)CCC(=O)O)C(=O)OC1=CC[C@@]2(O)[C@H]3Cc4ccc(CO)c5c4[C@@]2(CCN3C)[C@H]1O5.O=CC(F)(F)F. The summed E-state index contributed by atoms with van der Waals surface area (Å²) in [6.07, 6.45) is -7.06. The van der Waals surface area contributed by atoms with Gasteiger partial charge in [0, 0.05) is 23.6 Å². The zero-order valence-electron chi connectivity index (χ0n) is 25.0. The van der Waals surface area contributed by atoms with Gasteiger partial charge in [0.15, 0.2) is 6.10 Å². The first kappa shape index (κ1) is 34.8. The van der Waals surface area contributed by atoms with Crippen molar-refractivity contribution in [2.24, 2.45) is 0 Å².